The van der Waals surface area contributed by atoms with E-state index in [1.165, 1.54) is 0 Å². The summed E-state index contributed by atoms with van der Waals surface area (Å²) in [6.07, 6.45) is -0.385. The van der Waals surface area contributed by atoms with Crippen LogP contribution in [0.2, 0.25) is 0 Å². The van der Waals surface area contributed by atoms with Gasteiger partial charge in [-0.25, -0.2) is 26.4 Å². The van der Waals surface area contributed by atoms with E-state index in [4.69, 9.17) is 20.4 Å². The van der Waals surface area contributed by atoms with Crippen LogP contribution in [-0.4, -0.2) is 59.9 Å². The van der Waals surface area contributed by atoms with Gasteiger partial charge in [0.2, 0.25) is 5.36 Å². The first kappa shape index (κ1) is 29.3. The van der Waals surface area contributed by atoms with Crippen molar-refractivity contribution in [1.29, 1.82) is 0 Å². The van der Waals surface area contributed by atoms with Gasteiger partial charge in [0.25, 0.3) is 11.8 Å². The van der Waals surface area contributed by atoms with Crippen LogP contribution in [0.5, 0.6) is 0 Å². The van der Waals surface area contributed by atoms with E-state index in [1.54, 1.807) is 0 Å². The molecule has 2 heterocycles. The minimum absolute atomic E-state index is 0.193. The Labute approximate surface area is 240 Å². The summed E-state index contributed by atoms with van der Waals surface area (Å²) in [5.41, 5.74) is 2.49. The molecule has 16 nitrogen and oxygen atoms in total. The second kappa shape index (κ2) is 9.98. The Morgan fingerprint density at radius 2 is 1.53 bits per heavy atom. The molecule has 0 bridgehead atoms. The zero-order valence-electron chi connectivity index (χ0n) is 21.2. The molecular weight excluding hydrogens is 614 g/mol. The molecule has 2 aliphatic heterocycles. The van der Waals surface area contributed by atoms with Gasteiger partial charge in [-0.3, -0.25) is 15.0 Å². The normalized spacial score (nSPS) is 14.0. The number of imide groups is 1. The molecule has 3 aliphatic rings. The Morgan fingerprint density at radius 1 is 0.930 bits per heavy atom. The van der Waals surface area contributed by atoms with Crippen molar-refractivity contribution < 1.29 is 64.9 Å². The van der Waals surface area contributed by atoms with E-state index < -0.39 is 87.3 Å². The van der Waals surface area contributed by atoms with Crippen molar-refractivity contribution >= 4 is 60.6 Å². The Morgan fingerprint density at radius 3 is 2.12 bits per heavy atom. The van der Waals surface area contributed by atoms with Crippen LogP contribution >= 0.6 is 0 Å². The van der Waals surface area contributed by atoms with Gasteiger partial charge < -0.3 is 29.2 Å². The number of hydroxylamine groups is 2. The van der Waals surface area contributed by atoms with Crippen LogP contribution in [0.3, 0.4) is 0 Å². The maximum absolute atomic E-state index is 12.7. The highest BCUT2D eigenvalue weighted by atomic mass is 32.2. The fraction of sp³-hybridized carbons (Fsp3) is 0.0800. The van der Waals surface area contributed by atoms with Crippen molar-refractivity contribution in [1.82, 2.24) is 5.06 Å². The van der Waals surface area contributed by atoms with Crippen molar-refractivity contribution in [2.75, 3.05) is 5.73 Å². The van der Waals surface area contributed by atoms with Gasteiger partial charge in [0.1, 0.15) is 25.1 Å². The van der Waals surface area contributed by atoms with Crippen LogP contribution in [0.15, 0.2) is 56.7 Å². The van der Waals surface area contributed by atoms with Crippen molar-refractivity contribution in [3.63, 3.8) is 0 Å². The maximum atomic E-state index is 12.7. The molecule has 0 aromatic heterocycles. The van der Waals surface area contributed by atoms with Crippen LogP contribution in [-0.2, 0) is 34.7 Å². The number of anilines is 1. The van der Waals surface area contributed by atoms with Crippen molar-refractivity contribution in [2.45, 2.75) is 22.6 Å². The number of amides is 2. The number of carboxylic acid groups (broad SMARTS) is 1. The van der Waals surface area contributed by atoms with Gasteiger partial charge in [0.05, 0.1) is 16.8 Å². The molecule has 18 heteroatoms. The second-order valence-electron chi connectivity index (χ2n) is 9.13. The van der Waals surface area contributed by atoms with E-state index in [0.29, 0.717) is 0 Å². The molecule has 43 heavy (non-hydrogen) atoms. The topological polar surface area (TPSA) is 280 Å². The average Bonchev–Trinajstić information content (AvgIpc) is 3.21. The summed E-state index contributed by atoms with van der Waals surface area (Å²) in [7, 11) is -10.8. The molecule has 2 aromatic carbocycles. The van der Waals surface area contributed by atoms with E-state index in [-0.39, 0.29) is 40.0 Å². The van der Waals surface area contributed by atoms with Gasteiger partial charge >= 0.3 is 11.9 Å². The first-order chi connectivity index (χ1) is 20.0. The van der Waals surface area contributed by atoms with E-state index in [9.17, 15) is 50.2 Å². The standard InChI is InChI=1S/C25H17N3O13S2/c26-15-5-3-12-19(11-2-1-10(9-14(11)24(31)32)25(33)41-28-17(29)7-8-18(28)30)13-4-6-16(27)23(43(37,38)39)21(13)40-20(12)22(15)42(34,35)36/h1-6,9,26H,7-8,27H2,(H,31,32)(H,34,35,36)(H,37,38,39)/p-1. The lowest BCUT2D eigenvalue weighted by molar-refractivity contribution is -0.176. The first-order valence-electron chi connectivity index (χ1n) is 11.8. The molecule has 5 N–H and O–H groups in total. The molecular formula is C25H16N3O13S2-. The number of rotatable bonds is 6. The second-order valence-corrected chi connectivity index (χ2v) is 11.8. The third-order valence-electron chi connectivity index (χ3n) is 6.46. The molecule has 222 valence electrons. The predicted octanol–water partition coefficient (Wildman–Crippen LogP) is -0.826. The number of nitrogens with zero attached hydrogens (tertiary/aromatic N) is 1. The number of carboxylic acids is 1. The fourth-order valence-corrected chi connectivity index (χ4v) is 6.14. The SMILES string of the molecule is Nc1ccc2c(-c3ccc(C(=O)ON4C(=O)CCC4=O)cc3C(=O)O)c3ccc(=[NH2+])c(S(=O)(=O)[O-])c-3oc2c1S(=O)(=O)[O-]. The zero-order valence-corrected chi connectivity index (χ0v) is 22.9. The lowest BCUT2D eigenvalue weighted by atomic mass is 9.89. The number of nitrogen functional groups attached to an aromatic ring is 1. The minimum Gasteiger partial charge on any atom is -0.744 e. The lowest BCUT2D eigenvalue weighted by Crippen LogP contribution is -2.47. The van der Waals surface area contributed by atoms with Gasteiger partial charge in [-0.05, 0) is 35.9 Å². The summed E-state index contributed by atoms with van der Waals surface area (Å²) < 4.78 is 78.6. The third kappa shape index (κ3) is 4.97. The molecule has 0 atom stereocenters. The average molecular weight is 631 g/mol. The van der Waals surface area contributed by atoms with Gasteiger partial charge in [-0.2, -0.15) is 0 Å². The van der Waals surface area contributed by atoms with Crippen LogP contribution < -0.4 is 16.5 Å². The number of hydrogen-bond acceptors (Lipinski definition) is 13. The quantitative estimate of drug-likeness (QED) is 0.101. The van der Waals surface area contributed by atoms with Crippen molar-refractivity contribution in [2.24, 2.45) is 0 Å². The predicted molar refractivity (Wildman–Crippen MR) is 137 cm³/mol. The number of hydrogen-bond donors (Lipinski definition) is 3. The van der Waals surface area contributed by atoms with Crippen molar-refractivity contribution in [3.05, 3.63) is 58.9 Å². The summed E-state index contributed by atoms with van der Waals surface area (Å²) in [6.45, 7) is 0. The van der Waals surface area contributed by atoms with E-state index in [2.05, 4.69) is 0 Å². The fourth-order valence-electron chi connectivity index (χ4n) is 4.66. The minimum atomic E-state index is -5.42. The molecule has 1 saturated heterocycles. The molecule has 2 amide bonds. The number of carbonyl (C=O) groups excluding carboxylic acids is 3. The highest BCUT2D eigenvalue weighted by molar-refractivity contribution is 7.86. The first-order valence-corrected chi connectivity index (χ1v) is 14.6. The third-order valence-corrected chi connectivity index (χ3v) is 8.31. The number of benzene rings is 3. The van der Waals surface area contributed by atoms with E-state index in [0.717, 1.165) is 42.5 Å². The summed E-state index contributed by atoms with van der Waals surface area (Å²) in [6, 6.07) is 7.27. The smallest absolute Gasteiger partial charge is 0.363 e. The van der Waals surface area contributed by atoms with Gasteiger partial charge in [0, 0.05) is 35.4 Å². The van der Waals surface area contributed by atoms with E-state index >= 15 is 0 Å². The Hall–Kier alpha value is -5.17. The van der Waals surface area contributed by atoms with Crippen LogP contribution in [0.4, 0.5) is 5.69 Å². The largest absolute Gasteiger partial charge is 0.744 e. The molecule has 0 saturated carbocycles. The molecule has 5 rings (SSSR count). The highest BCUT2D eigenvalue weighted by Crippen LogP contribution is 2.45. The molecule has 0 radical (unpaired) electrons. The van der Waals surface area contributed by atoms with Crippen LogP contribution in [0, 0.1) is 0 Å². The molecule has 0 spiro atoms. The lowest BCUT2D eigenvalue weighted by Gasteiger charge is -2.22. The number of fused-ring (bicyclic) bond motifs is 2. The summed E-state index contributed by atoms with van der Waals surface area (Å²) in [5.74, 6) is -5.30. The summed E-state index contributed by atoms with van der Waals surface area (Å²) in [5, 5.41) is 15.2. The van der Waals surface area contributed by atoms with E-state index in [1.807, 2.05) is 0 Å². The highest BCUT2D eigenvalue weighted by Gasteiger charge is 2.34. The summed E-state index contributed by atoms with van der Waals surface area (Å²) >= 11 is 0. The zero-order chi connectivity index (χ0) is 31.6. The van der Waals surface area contributed by atoms with Crippen LogP contribution in [0.25, 0.3) is 33.4 Å². The molecule has 1 fully saturated rings. The number of nitrogens with two attached hydrogens (primary N) is 2. The maximum Gasteiger partial charge on any atom is 0.363 e. The van der Waals surface area contributed by atoms with Gasteiger partial charge in [-0.15, -0.1) is 5.06 Å². The Bertz CT molecular complexity index is 2170. The summed E-state index contributed by atoms with van der Waals surface area (Å²) in [4.78, 5) is 51.4. The number of carbonyl (C=O) groups is 4. The molecule has 2 aromatic rings. The Balaban J connectivity index is 1.86. The number of aromatic carboxylic acids is 1. The Kier molecular flexibility index (Phi) is 6.81. The molecule has 1 aliphatic carbocycles. The molecule has 0 unspecified atom stereocenters. The van der Waals surface area contributed by atoms with Crippen LogP contribution in [0.1, 0.15) is 33.6 Å². The van der Waals surface area contributed by atoms with Gasteiger partial charge in [0.15, 0.2) is 16.2 Å². The monoisotopic (exact) mass is 630 g/mol. The van der Waals surface area contributed by atoms with Gasteiger partial charge in [-0.1, -0.05) is 6.07 Å². The van der Waals surface area contributed by atoms with Crippen molar-refractivity contribution in [3.8, 4) is 22.5 Å².